The lowest BCUT2D eigenvalue weighted by Gasteiger charge is -2.18. The fourth-order valence-electron chi connectivity index (χ4n) is 2.27. The van der Waals surface area contributed by atoms with Gasteiger partial charge in [-0.1, -0.05) is 0 Å². The molecule has 1 amide bonds. The second kappa shape index (κ2) is 4.94. The number of nitrogens with zero attached hydrogens (tertiary/aromatic N) is 2. The molecule has 1 aliphatic rings. The highest BCUT2D eigenvalue weighted by atomic mass is 16.2. The van der Waals surface area contributed by atoms with Gasteiger partial charge in [-0.15, -0.1) is 0 Å². The molecule has 5 nitrogen and oxygen atoms in total. The van der Waals surface area contributed by atoms with Crippen molar-refractivity contribution >= 4 is 5.91 Å². The minimum atomic E-state index is -0.163. The van der Waals surface area contributed by atoms with Gasteiger partial charge in [0.15, 0.2) is 0 Å². The number of hydrogen-bond donors (Lipinski definition) is 1. The molecule has 98 valence electrons. The molecule has 1 aliphatic heterocycles. The van der Waals surface area contributed by atoms with Gasteiger partial charge in [0.05, 0.1) is 0 Å². The summed E-state index contributed by atoms with van der Waals surface area (Å²) in [6.07, 6.45) is 2.56. The van der Waals surface area contributed by atoms with Gasteiger partial charge in [0.2, 0.25) is 0 Å². The molecule has 0 radical (unpaired) electrons. The molecule has 0 aromatic carbocycles. The molecule has 1 aromatic heterocycles. The van der Waals surface area contributed by atoms with Gasteiger partial charge in [-0.25, -0.2) is 0 Å². The molecule has 2 heterocycles. The summed E-state index contributed by atoms with van der Waals surface area (Å²) >= 11 is 0. The van der Waals surface area contributed by atoms with E-state index >= 15 is 0 Å². The summed E-state index contributed by atoms with van der Waals surface area (Å²) in [5.41, 5.74) is 6.15. The van der Waals surface area contributed by atoms with Crippen LogP contribution in [0.15, 0.2) is 23.1 Å². The van der Waals surface area contributed by atoms with Crippen LogP contribution >= 0.6 is 0 Å². The fraction of sp³-hybridized carbons (Fsp3) is 0.538. The van der Waals surface area contributed by atoms with Gasteiger partial charge in [-0.05, 0) is 25.3 Å². The molecule has 2 rings (SSSR count). The monoisotopic (exact) mass is 249 g/mol. The fourth-order valence-corrected chi connectivity index (χ4v) is 2.27. The summed E-state index contributed by atoms with van der Waals surface area (Å²) in [5.74, 6) is 0.288. The zero-order valence-electron chi connectivity index (χ0n) is 10.8. The molecule has 2 unspecified atom stereocenters. The number of carbonyl (C=O) groups excluding carboxylic acids is 1. The number of hydrogen-bond acceptors (Lipinski definition) is 3. The first kappa shape index (κ1) is 12.8. The third-order valence-electron chi connectivity index (χ3n) is 3.61. The number of amides is 1. The summed E-state index contributed by atoms with van der Waals surface area (Å²) < 4.78 is 1.45. The average molecular weight is 249 g/mol. The second-order valence-corrected chi connectivity index (χ2v) is 5.02. The van der Waals surface area contributed by atoms with Crippen LogP contribution in [0.5, 0.6) is 0 Å². The first-order valence-electron chi connectivity index (χ1n) is 6.20. The molecule has 1 saturated heterocycles. The van der Waals surface area contributed by atoms with E-state index in [1.165, 1.54) is 10.6 Å². The summed E-state index contributed by atoms with van der Waals surface area (Å²) in [6.45, 7) is 3.38. The first-order chi connectivity index (χ1) is 8.49. The molecule has 2 N–H and O–H groups in total. The Labute approximate surface area is 106 Å². The van der Waals surface area contributed by atoms with Crippen molar-refractivity contribution in [3.8, 4) is 0 Å². The topological polar surface area (TPSA) is 68.3 Å². The van der Waals surface area contributed by atoms with Crippen LogP contribution in [0.3, 0.4) is 0 Å². The molecular weight excluding hydrogens is 230 g/mol. The van der Waals surface area contributed by atoms with E-state index in [1.807, 2.05) is 6.92 Å². The van der Waals surface area contributed by atoms with E-state index in [1.54, 1.807) is 24.2 Å². The number of rotatable bonds is 2. The van der Waals surface area contributed by atoms with Crippen molar-refractivity contribution in [2.75, 3.05) is 13.1 Å². The third-order valence-corrected chi connectivity index (χ3v) is 3.61. The SMILES string of the molecule is CC(N)C1CCN(C(=O)c2ccn(C)c(=O)c2)C1. The maximum Gasteiger partial charge on any atom is 0.254 e. The number of nitrogens with two attached hydrogens (primary N) is 1. The summed E-state index contributed by atoms with van der Waals surface area (Å²) in [5, 5.41) is 0. The van der Waals surface area contributed by atoms with Crippen LogP contribution < -0.4 is 11.3 Å². The number of aryl methyl sites for hydroxylation is 1. The molecule has 2 atom stereocenters. The minimum Gasteiger partial charge on any atom is -0.338 e. The maximum atomic E-state index is 12.2. The Morgan fingerprint density at radius 3 is 2.83 bits per heavy atom. The van der Waals surface area contributed by atoms with E-state index in [9.17, 15) is 9.59 Å². The van der Waals surface area contributed by atoms with E-state index in [4.69, 9.17) is 5.73 Å². The van der Waals surface area contributed by atoms with Crippen molar-refractivity contribution in [2.24, 2.45) is 18.7 Å². The Morgan fingerprint density at radius 1 is 1.56 bits per heavy atom. The third kappa shape index (κ3) is 2.46. The van der Waals surface area contributed by atoms with E-state index in [0.717, 1.165) is 13.0 Å². The van der Waals surface area contributed by atoms with Gasteiger partial charge < -0.3 is 15.2 Å². The Balaban J connectivity index is 2.13. The first-order valence-corrected chi connectivity index (χ1v) is 6.20. The van der Waals surface area contributed by atoms with Gasteiger partial charge in [0, 0.05) is 44.0 Å². The van der Waals surface area contributed by atoms with Crippen molar-refractivity contribution in [1.29, 1.82) is 0 Å². The Bertz CT molecular complexity index is 507. The number of likely N-dealkylation sites (tertiary alicyclic amines) is 1. The molecule has 0 spiro atoms. The maximum absolute atomic E-state index is 12.2. The minimum absolute atomic E-state index is 0.0733. The quantitative estimate of drug-likeness (QED) is 0.813. The van der Waals surface area contributed by atoms with Crippen LogP contribution in [0.4, 0.5) is 0 Å². The van der Waals surface area contributed by atoms with Gasteiger partial charge >= 0.3 is 0 Å². The molecule has 18 heavy (non-hydrogen) atoms. The predicted molar refractivity (Wildman–Crippen MR) is 69.3 cm³/mol. The van der Waals surface area contributed by atoms with Crippen LogP contribution in [-0.4, -0.2) is 34.5 Å². The van der Waals surface area contributed by atoms with Crippen molar-refractivity contribution < 1.29 is 4.79 Å². The largest absolute Gasteiger partial charge is 0.338 e. The van der Waals surface area contributed by atoms with Crippen LogP contribution in [-0.2, 0) is 7.05 Å². The van der Waals surface area contributed by atoms with E-state index < -0.39 is 0 Å². The smallest absolute Gasteiger partial charge is 0.254 e. The highest BCUT2D eigenvalue weighted by Gasteiger charge is 2.28. The van der Waals surface area contributed by atoms with Gasteiger partial charge in [-0.2, -0.15) is 0 Å². The molecule has 0 aliphatic carbocycles. The number of pyridine rings is 1. The van der Waals surface area contributed by atoms with E-state index in [0.29, 0.717) is 18.0 Å². The highest BCUT2D eigenvalue weighted by Crippen LogP contribution is 2.20. The van der Waals surface area contributed by atoms with Gasteiger partial charge in [-0.3, -0.25) is 9.59 Å². The van der Waals surface area contributed by atoms with Crippen molar-refractivity contribution in [3.05, 3.63) is 34.2 Å². The molecule has 1 aromatic rings. The normalized spacial score (nSPS) is 21.1. The molecule has 0 saturated carbocycles. The standard InChI is InChI=1S/C13H19N3O2/c1-9(14)11-4-6-16(8-11)13(18)10-3-5-15(2)12(17)7-10/h3,5,7,9,11H,4,6,8,14H2,1-2H3. The zero-order chi connectivity index (χ0) is 13.3. The van der Waals surface area contributed by atoms with Crippen molar-refractivity contribution in [1.82, 2.24) is 9.47 Å². The van der Waals surface area contributed by atoms with Crippen molar-refractivity contribution in [2.45, 2.75) is 19.4 Å². The lowest BCUT2D eigenvalue weighted by molar-refractivity contribution is 0.0785. The zero-order valence-corrected chi connectivity index (χ0v) is 10.8. The van der Waals surface area contributed by atoms with Crippen LogP contribution in [0.2, 0.25) is 0 Å². The lowest BCUT2D eigenvalue weighted by Crippen LogP contribution is -2.33. The predicted octanol–water partition coefficient (Wildman–Crippen LogP) is 0.195. The molecule has 5 heteroatoms. The summed E-state index contributed by atoms with van der Waals surface area (Å²) in [6, 6.07) is 3.18. The van der Waals surface area contributed by atoms with Gasteiger partial charge in [0.25, 0.3) is 11.5 Å². The van der Waals surface area contributed by atoms with E-state index in [-0.39, 0.29) is 17.5 Å². The molecular formula is C13H19N3O2. The Kier molecular flexibility index (Phi) is 3.52. The van der Waals surface area contributed by atoms with E-state index in [2.05, 4.69) is 0 Å². The number of aromatic nitrogens is 1. The summed E-state index contributed by atoms with van der Waals surface area (Å²) in [7, 11) is 1.67. The lowest BCUT2D eigenvalue weighted by atomic mass is 10.0. The second-order valence-electron chi connectivity index (χ2n) is 5.02. The van der Waals surface area contributed by atoms with Crippen molar-refractivity contribution in [3.63, 3.8) is 0 Å². The average Bonchev–Trinajstić information content (AvgIpc) is 2.81. The Hall–Kier alpha value is -1.62. The van der Waals surface area contributed by atoms with Crippen LogP contribution in [0, 0.1) is 5.92 Å². The number of carbonyl (C=O) groups is 1. The van der Waals surface area contributed by atoms with Crippen LogP contribution in [0.25, 0.3) is 0 Å². The summed E-state index contributed by atoms with van der Waals surface area (Å²) in [4.78, 5) is 25.5. The van der Waals surface area contributed by atoms with Crippen LogP contribution in [0.1, 0.15) is 23.7 Å². The molecule has 1 fully saturated rings. The molecule has 0 bridgehead atoms. The Morgan fingerprint density at radius 2 is 2.28 bits per heavy atom. The van der Waals surface area contributed by atoms with Gasteiger partial charge in [0.1, 0.15) is 0 Å². The highest BCUT2D eigenvalue weighted by molar-refractivity contribution is 5.94.